The van der Waals surface area contributed by atoms with Crippen molar-refractivity contribution in [3.05, 3.63) is 0 Å². The zero-order valence-corrected chi connectivity index (χ0v) is 76.7. The van der Waals surface area contributed by atoms with E-state index in [1.807, 2.05) is 0 Å². The van der Waals surface area contributed by atoms with Gasteiger partial charge >= 0.3 is 5.97 Å². The Morgan fingerprint density at radius 1 is 0.315 bits per heavy atom. The standard InChI is InChI=1S/C79H133N5O59/c1-19(94)80-24(7-85)41(102)61(27(101)9-87)136-70-39(83-22(4)97)50(111)63(32(14-92)130-70)139-76-60(121)67(48(109)35(134-76)17-125-73-59(120)66(140-74-56(117)53(114)45(106)30(12-90)129-74)47(108)34(133-73)16-124-72-55(116)52(113)44(105)29(11-89)128-72)141-77-68(58(119)64(33(15-93)132-77)137-69-38(82-21(3)96)49(110)43(104)28(10-88)127-69)142-71-40(84-23(5)98)51(112)62(31(13-91)131-71)138-75-57(118)54(115)46(107)36(135-75)18-126-79(78(122)123)6-25(99)37(81-20(2)95)65(143-79)42(103)26(100)8-86/h24-77,85-93,99-121H,6-18H2,1-5H3,(H,80,94)(H,81,95)(H,82,96)(H,83,97)(H,84,98)(H,122,123)/t24-,25-,26+,27+,28+,29+,30+,31+,32+,33+,34+,35+,36+,37+,38+,39+,40+,41+,42+,43+,44+,45+,46-,47+,48+,49+,50+,51+,52-,53-,54-,55-,56-,57+,58-,59-,60-,61+,62+,63+,64+,65+,66-,67-,68-,69-,70-,71-,72-,73-,74+,75-,76-,77+,79+/m0/s1. The number of carbonyl (C=O) groups excluding carboxylic acids is 5. The maximum absolute atomic E-state index is 13.6. The first-order valence-corrected chi connectivity index (χ1v) is 45.2. The van der Waals surface area contributed by atoms with Gasteiger partial charge in [0.15, 0.2) is 56.6 Å². The zero-order valence-electron chi connectivity index (χ0n) is 76.7. The van der Waals surface area contributed by atoms with E-state index in [1.54, 1.807) is 0 Å². The topological polar surface area (TPSA) is 1010 Å². The molecule has 38 N–H and O–H groups in total. The van der Waals surface area contributed by atoms with Crippen LogP contribution in [0.25, 0.3) is 0 Å². The number of hydrogen-bond acceptors (Lipinski definition) is 58. The van der Waals surface area contributed by atoms with Gasteiger partial charge in [0.2, 0.25) is 29.5 Å². The third-order valence-electron chi connectivity index (χ3n) is 25.6. The number of aliphatic hydroxyl groups is 32. The highest BCUT2D eigenvalue weighted by molar-refractivity contribution is 5.77. The second-order valence-corrected chi connectivity index (χ2v) is 35.8. The van der Waals surface area contributed by atoms with Crippen molar-refractivity contribution >= 4 is 35.5 Å². The maximum Gasteiger partial charge on any atom is 0.364 e. The number of rotatable bonds is 43. The van der Waals surface area contributed by atoms with Crippen LogP contribution in [0.3, 0.4) is 0 Å². The molecule has 0 aromatic carbocycles. The average Bonchev–Trinajstić information content (AvgIpc) is 0.759. The normalized spacial score (nSPS) is 45.5. The van der Waals surface area contributed by atoms with Gasteiger partial charge in [-0.1, -0.05) is 0 Å². The van der Waals surface area contributed by atoms with Gasteiger partial charge in [0.1, 0.15) is 256 Å². The summed E-state index contributed by atoms with van der Waals surface area (Å²) in [6, 6.07) is -9.77. The lowest BCUT2D eigenvalue weighted by Gasteiger charge is -2.52. The second-order valence-electron chi connectivity index (χ2n) is 35.8. The van der Waals surface area contributed by atoms with E-state index in [1.165, 1.54) is 0 Å². The quantitative estimate of drug-likeness (QED) is 0.0270. The first-order valence-electron chi connectivity index (χ1n) is 45.2. The summed E-state index contributed by atoms with van der Waals surface area (Å²) >= 11 is 0. The fourth-order valence-corrected chi connectivity index (χ4v) is 17.9. The number of aliphatic hydroxyl groups excluding tert-OH is 32. The molecule has 828 valence electrons. The Kier molecular flexibility index (Phi) is 44.0. The fraction of sp³-hybridized carbons (Fsp3) is 0.924. The van der Waals surface area contributed by atoms with Crippen LogP contribution < -0.4 is 26.6 Å². The molecule has 10 fully saturated rings. The number of nitrogens with one attached hydrogen (secondary N) is 5. The largest absolute Gasteiger partial charge is 0.477 e. The van der Waals surface area contributed by atoms with E-state index >= 15 is 0 Å². The summed E-state index contributed by atoms with van der Waals surface area (Å²) in [5.74, 6) is -10.2. The fourth-order valence-electron chi connectivity index (χ4n) is 17.9. The summed E-state index contributed by atoms with van der Waals surface area (Å²) in [6.07, 6.45) is -113. The highest BCUT2D eigenvalue weighted by Gasteiger charge is 2.64. The molecule has 0 spiro atoms. The number of carboxylic acid groups (broad SMARTS) is 1. The van der Waals surface area contributed by atoms with Crippen LogP contribution in [0.15, 0.2) is 0 Å². The SMILES string of the molecule is CC(=O)N[C@H]1[C@H](O[C@@H]([C@H](O)[C@H](CO)NC(C)=O)[C@H](O)CO)O[C@H](CO)[C@@H](O[C@@H]2O[C@H](CO[C@H]3O[C@H](CO[C@H]4O[C@H](CO)[C@@H](O)[C@H](O)[C@@H]4O)[C@@H](O)[C@H](O[C@H]4O[C@H](CO)[C@@H](O)[C@H](O)[C@@H]4O)[C@@H]3O)[C@@H](O)[C@H](O[C@H]3O[C@H](CO)[C@@H](O[C@@H]4O[C@H](CO)[C@@H](O)[C@H](O)[C@H]4NC(C)=O)[C@H](O)[C@@H]3O[C@@H]3O[C@H](CO)[C@@H](O[C@@H]4O[C@H](CO[C@]5(C(=O)O)C[C@H](O)[C@@H](NC(C)=O)[C@H]([C@H](O)[C@H](O)CO)O5)[C@H](O)[C@H](O)[C@H]4O)[C@H](O)[C@H]3NC(C)=O)[C@@H]2O)[C@@H]1O. The average molecular weight is 2100 g/mol. The second kappa shape index (κ2) is 52.7. The Morgan fingerprint density at radius 3 is 1.08 bits per heavy atom. The number of carbonyl (C=O) groups is 6. The molecule has 0 bridgehead atoms. The molecular weight excluding hydrogens is 1960 g/mol. The van der Waals surface area contributed by atoms with E-state index in [-0.39, 0.29) is 0 Å². The molecule has 10 saturated heterocycles. The van der Waals surface area contributed by atoms with E-state index in [9.17, 15) is 197 Å². The molecular formula is C79H133N5O59. The van der Waals surface area contributed by atoms with Crippen molar-refractivity contribution in [3.63, 3.8) is 0 Å². The number of ether oxygens (including phenoxy) is 20. The third-order valence-corrected chi connectivity index (χ3v) is 25.6. The van der Waals surface area contributed by atoms with Crippen LogP contribution in [0.4, 0.5) is 0 Å². The van der Waals surface area contributed by atoms with Crippen LogP contribution in [0.1, 0.15) is 41.0 Å². The van der Waals surface area contributed by atoms with Gasteiger partial charge in [-0.25, -0.2) is 4.79 Å². The molecule has 55 atom stereocenters. The summed E-state index contributed by atoms with van der Waals surface area (Å²) in [5, 5.41) is 382. The smallest absolute Gasteiger partial charge is 0.364 e. The van der Waals surface area contributed by atoms with Crippen LogP contribution in [0.2, 0.25) is 0 Å². The monoisotopic (exact) mass is 2100 g/mol. The van der Waals surface area contributed by atoms with Gasteiger partial charge in [0.25, 0.3) is 5.79 Å². The van der Waals surface area contributed by atoms with E-state index in [4.69, 9.17) is 94.7 Å². The molecule has 0 aromatic heterocycles. The maximum atomic E-state index is 13.6. The lowest BCUT2D eigenvalue weighted by atomic mass is 9.88. The summed E-state index contributed by atoms with van der Waals surface area (Å²) < 4.78 is 119. The van der Waals surface area contributed by atoms with Crippen molar-refractivity contribution in [2.45, 2.75) is 378 Å². The molecule has 0 unspecified atom stereocenters. The van der Waals surface area contributed by atoms with Crippen molar-refractivity contribution in [2.75, 3.05) is 79.3 Å². The van der Waals surface area contributed by atoms with E-state index in [0.717, 1.165) is 34.6 Å². The van der Waals surface area contributed by atoms with E-state index in [0.29, 0.717) is 0 Å². The molecule has 10 aliphatic heterocycles. The molecule has 0 saturated carbocycles. The van der Waals surface area contributed by atoms with Gasteiger partial charge in [-0.05, 0) is 0 Å². The van der Waals surface area contributed by atoms with Crippen LogP contribution in [-0.2, 0) is 124 Å². The van der Waals surface area contributed by atoms with E-state index in [2.05, 4.69) is 26.6 Å². The van der Waals surface area contributed by atoms with Crippen LogP contribution in [-0.4, -0.2) is 620 Å². The summed E-state index contributed by atoms with van der Waals surface area (Å²) in [7, 11) is 0. The van der Waals surface area contributed by atoms with Crippen molar-refractivity contribution in [2.24, 2.45) is 0 Å². The van der Waals surface area contributed by atoms with Crippen molar-refractivity contribution in [1.29, 1.82) is 0 Å². The first-order chi connectivity index (χ1) is 67.4. The molecule has 10 aliphatic rings. The Morgan fingerprint density at radius 2 is 0.643 bits per heavy atom. The Bertz CT molecular complexity index is 3970. The van der Waals surface area contributed by atoms with E-state index < -0.39 is 458 Å². The number of amides is 5. The van der Waals surface area contributed by atoms with Gasteiger partial charge in [-0.3, -0.25) is 24.0 Å². The molecule has 10 rings (SSSR count). The van der Waals surface area contributed by atoms with Crippen LogP contribution in [0, 0.1) is 0 Å². The summed E-state index contributed by atoms with van der Waals surface area (Å²) in [6.45, 7) is -10.2. The predicted molar refractivity (Wildman–Crippen MR) is 440 cm³/mol. The van der Waals surface area contributed by atoms with Gasteiger partial charge in [0.05, 0.1) is 97.5 Å². The highest BCUT2D eigenvalue weighted by Crippen LogP contribution is 2.43. The highest BCUT2D eigenvalue weighted by atomic mass is 16.8. The summed E-state index contributed by atoms with van der Waals surface area (Å²) in [4.78, 5) is 77.2. The minimum atomic E-state index is -3.16. The predicted octanol–water partition coefficient (Wildman–Crippen LogP) is -25.4. The third kappa shape index (κ3) is 27.4. The lowest BCUT2D eigenvalue weighted by molar-refractivity contribution is -0.405. The van der Waals surface area contributed by atoms with Gasteiger partial charge < -0.3 is 290 Å². The minimum Gasteiger partial charge on any atom is -0.477 e. The Balaban J connectivity index is 1.04. The molecule has 5 amide bonds. The van der Waals surface area contributed by atoms with Gasteiger partial charge in [0, 0.05) is 41.0 Å². The molecule has 0 aromatic rings. The zero-order chi connectivity index (χ0) is 106. The number of aliphatic carboxylic acids is 1. The number of carboxylic acids is 1. The Labute approximate surface area is 808 Å². The van der Waals surface area contributed by atoms with Crippen molar-refractivity contribution in [3.8, 4) is 0 Å². The molecule has 10 heterocycles. The van der Waals surface area contributed by atoms with Crippen LogP contribution in [0.5, 0.6) is 0 Å². The molecule has 143 heavy (non-hydrogen) atoms. The van der Waals surface area contributed by atoms with Gasteiger partial charge in [-0.15, -0.1) is 0 Å². The van der Waals surface area contributed by atoms with Crippen LogP contribution >= 0.6 is 0 Å². The molecule has 64 nitrogen and oxygen atoms in total. The Hall–Kier alpha value is -5.26. The molecule has 0 aliphatic carbocycles. The first kappa shape index (κ1) is 120. The summed E-state index contributed by atoms with van der Waals surface area (Å²) in [5.41, 5.74) is 0. The molecule has 0 radical (unpaired) electrons. The lowest BCUT2D eigenvalue weighted by Crippen LogP contribution is -2.71. The van der Waals surface area contributed by atoms with Gasteiger partial charge in [-0.2, -0.15) is 0 Å². The van der Waals surface area contributed by atoms with Crippen molar-refractivity contribution in [1.82, 2.24) is 26.6 Å². The minimum absolute atomic E-state index is 0.810. The van der Waals surface area contributed by atoms with Crippen molar-refractivity contribution < 1.29 is 292 Å². The number of hydrogen-bond donors (Lipinski definition) is 38. The molecule has 64 heteroatoms.